The first-order valence-corrected chi connectivity index (χ1v) is 7.53. The first kappa shape index (κ1) is 12.2. The van der Waals surface area contributed by atoms with Crippen molar-refractivity contribution < 1.29 is 14.4 Å². The Balaban J connectivity index is 1.48. The standard InChI is InChI=1S/C14H19N3O3/c18-11(10-8-3-1-4-9(8)10)17-6-2-5-14(7-17)12(19)15-13(20)16-14/h8-10H,1-7H2,(H2,15,16,19,20). The molecule has 0 radical (unpaired) electrons. The van der Waals surface area contributed by atoms with E-state index in [9.17, 15) is 14.4 Å². The maximum atomic E-state index is 12.6. The zero-order valence-corrected chi connectivity index (χ0v) is 11.4. The predicted molar refractivity (Wildman–Crippen MR) is 69.5 cm³/mol. The number of amides is 4. The fraction of sp³-hybridized carbons (Fsp3) is 0.786. The quantitative estimate of drug-likeness (QED) is 0.674. The Labute approximate surface area is 117 Å². The van der Waals surface area contributed by atoms with Crippen LogP contribution < -0.4 is 10.6 Å². The van der Waals surface area contributed by atoms with E-state index in [-0.39, 0.29) is 17.7 Å². The largest absolute Gasteiger partial charge is 0.340 e. The predicted octanol–water partition coefficient (Wildman–Crippen LogP) is 0.233. The molecule has 0 aromatic heterocycles. The number of carbonyl (C=O) groups is 3. The van der Waals surface area contributed by atoms with E-state index in [2.05, 4.69) is 10.6 Å². The van der Waals surface area contributed by atoms with Gasteiger partial charge in [0.25, 0.3) is 5.91 Å². The summed E-state index contributed by atoms with van der Waals surface area (Å²) in [6.07, 6.45) is 4.99. The fourth-order valence-corrected chi connectivity index (χ4v) is 4.46. The molecule has 0 aromatic carbocycles. The highest BCUT2D eigenvalue weighted by atomic mass is 16.2. The van der Waals surface area contributed by atoms with E-state index in [1.807, 2.05) is 0 Å². The zero-order valence-electron chi connectivity index (χ0n) is 11.4. The van der Waals surface area contributed by atoms with Crippen LogP contribution in [0, 0.1) is 17.8 Å². The summed E-state index contributed by atoms with van der Waals surface area (Å²) in [7, 11) is 0. The van der Waals surface area contributed by atoms with E-state index in [4.69, 9.17) is 0 Å². The molecule has 2 aliphatic heterocycles. The molecule has 2 saturated heterocycles. The van der Waals surface area contributed by atoms with Crippen LogP contribution in [-0.2, 0) is 9.59 Å². The molecule has 3 atom stereocenters. The second-order valence-electron chi connectivity index (χ2n) is 6.64. The van der Waals surface area contributed by atoms with Gasteiger partial charge in [0.2, 0.25) is 5.91 Å². The van der Waals surface area contributed by atoms with E-state index in [0.717, 1.165) is 6.42 Å². The van der Waals surface area contributed by atoms with E-state index < -0.39 is 11.6 Å². The van der Waals surface area contributed by atoms with Gasteiger partial charge < -0.3 is 10.2 Å². The third kappa shape index (κ3) is 1.60. The van der Waals surface area contributed by atoms with E-state index in [0.29, 0.717) is 31.3 Å². The number of piperidine rings is 1. The molecule has 4 rings (SSSR count). The molecule has 2 saturated carbocycles. The minimum Gasteiger partial charge on any atom is -0.340 e. The average molecular weight is 277 g/mol. The van der Waals surface area contributed by atoms with Crippen LogP contribution in [0.3, 0.4) is 0 Å². The highest BCUT2D eigenvalue weighted by Crippen LogP contribution is 2.58. The molecule has 2 aliphatic carbocycles. The fourth-order valence-electron chi connectivity index (χ4n) is 4.46. The number of imide groups is 1. The Hall–Kier alpha value is -1.59. The molecule has 4 fully saturated rings. The smallest absolute Gasteiger partial charge is 0.322 e. The number of rotatable bonds is 1. The molecule has 3 unspecified atom stereocenters. The lowest BCUT2D eigenvalue weighted by atomic mass is 9.89. The van der Waals surface area contributed by atoms with Crippen molar-refractivity contribution >= 4 is 17.8 Å². The summed E-state index contributed by atoms with van der Waals surface area (Å²) in [6, 6.07) is -0.437. The molecule has 6 nitrogen and oxygen atoms in total. The Morgan fingerprint density at radius 1 is 1.20 bits per heavy atom. The maximum Gasteiger partial charge on any atom is 0.322 e. The van der Waals surface area contributed by atoms with Crippen LogP contribution in [0.5, 0.6) is 0 Å². The third-order valence-corrected chi connectivity index (χ3v) is 5.51. The average Bonchev–Trinajstić information content (AvgIpc) is 2.76. The number of nitrogens with one attached hydrogen (secondary N) is 2. The Morgan fingerprint density at radius 2 is 1.95 bits per heavy atom. The second kappa shape index (κ2) is 3.96. The van der Waals surface area contributed by atoms with Crippen LogP contribution in [0.15, 0.2) is 0 Å². The first-order chi connectivity index (χ1) is 9.61. The number of urea groups is 1. The lowest BCUT2D eigenvalue weighted by Crippen LogP contribution is -2.60. The summed E-state index contributed by atoms with van der Waals surface area (Å²) in [5.74, 6) is 1.29. The van der Waals surface area contributed by atoms with Crippen LogP contribution in [0.4, 0.5) is 4.79 Å². The Bertz CT molecular complexity index is 496. The van der Waals surface area contributed by atoms with E-state index in [1.165, 1.54) is 19.3 Å². The van der Waals surface area contributed by atoms with Gasteiger partial charge in [0.15, 0.2) is 0 Å². The van der Waals surface area contributed by atoms with E-state index in [1.54, 1.807) is 4.90 Å². The molecule has 4 aliphatic rings. The van der Waals surface area contributed by atoms with Gasteiger partial charge in [0.05, 0.1) is 6.54 Å². The van der Waals surface area contributed by atoms with Crippen molar-refractivity contribution in [2.75, 3.05) is 13.1 Å². The molecule has 20 heavy (non-hydrogen) atoms. The molecule has 6 heteroatoms. The summed E-state index contributed by atoms with van der Waals surface area (Å²) < 4.78 is 0. The molecule has 0 aromatic rings. The molecule has 1 spiro atoms. The maximum absolute atomic E-state index is 12.6. The van der Waals surface area contributed by atoms with Gasteiger partial charge in [-0.1, -0.05) is 6.42 Å². The second-order valence-corrected chi connectivity index (χ2v) is 6.64. The van der Waals surface area contributed by atoms with Crippen LogP contribution in [0.2, 0.25) is 0 Å². The van der Waals surface area contributed by atoms with Crippen LogP contribution in [0.1, 0.15) is 32.1 Å². The molecular formula is C14H19N3O3. The first-order valence-electron chi connectivity index (χ1n) is 7.53. The molecular weight excluding hydrogens is 258 g/mol. The van der Waals surface area contributed by atoms with Gasteiger partial charge in [-0.2, -0.15) is 0 Å². The molecule has 4 amide bonds. The molecule has 0 bridgehead atoms. The lowest BCUT2D eigenvalue weighted by molar-refractivity contribution is -0.138. The van der Waals surface area contributed by atoms with Gasteiger partial charge in [0, 0.05) is 12.5 Å². The number of hydrogen-bond donors (Lipinski definition) is 2. The van der Waals surface area contributed by atoms with Crippen LogP contribution in [-0.4, -0.2) is 41.4 Å². The topological polar surface area (TPSA) is 78.5 Å². The lowest BCUT2D eigenvalue weighted by Gasteiger charge is -2.38. The number of fused-ring (bicyclic) bond motifs is 1. The summed E-state index contributed by atoms with van der Waals surface area (Å²) >= 11 is 0. The van der Waals surface area contributed by atoms with Gasteiger partial charge in [-0.3, -0.25) is 14.9 Å². The minimum absolute atomic E-state index is 0.194. The third-order valence-electron chi connectivity index (χ3n) is 5.51. The van der Waals surface area contributed by atoms with Crippen molar-refractivity contribution in [1.29, 1.82) is 0 Å². The molecule has 2 N–H and O–H groups in total. The normalized spacial score (nSPS) is 42.4. The van der Waals surface area contributed by atoms with Crippen molar-refractivity contribution in [3.05, 3.63) is 0 Å². The highest BCUT2D eigenvalue weighted by Gasteiger charge is 2.59. The monoisotopic (exact) mass is 277 g/mol. The summed E-state index contributed by atoms with van der Waals surface area (Å²) in [6.45, 7) is 1.04. The van der Waals surface area contributed by atoms with Gasteiger partial charge in [-0.15, -0.1) is 0 Å². The van der Waals surface area contributed by atoms with Crippen LogP contribution in [0.25, 0.3) is 0 Å². The highest BCUT2D eigenvalue weighted by molar-refractivity contribution is 6.07. The minimum atomic E-state index is -0.880. The van der Waals surface area contributed by atoms with E-state index >= 15 is 0 Å². The SMILES string of the molecule is O=C1NC(=O)C2(CCCN(C(=O)C3C4CCCC43)C2)N1. The van der Waals surface area contributed by atoms with Crippen molar-refractivity contribution in [3.63, 3.8) is 0 Å². The summed E-state index contributed by atoms with van der Waals surface area (Å²) in [5.41, 5.74) is -0.880. The Kier molecular flexibility index (Phi) is 2.41. The van der Waals surface area contributed by atoms with Gasteiger partial charge in [0.1, 0.15) is 5.54 Å². The van der Waals surface area contributed by atoms with Crippen molar-refractivity contribution in [2.24, 2.45) is 17.8 Å². The summed E-state index contributed by atoms with van der Waals surface area (Å²) in [4.78, 5) is 37.7. The van der Waals surface area contributed by atoms with Crippen LogP contribution >= 0.6 is 0 Å². The number of hydrogen-bond acceptors (Lipinski definition) is 3. The molecule has 2 heterocycles. The van der Waals surface area contributed by atoms with Gasteiger partial charge >= 0.3 is 6.03 Å². The van der Waals surface area contributed by atoms with Crippen molar-refractivity contribution in [3.8, 4) is 0 Å². The number of carbonyl (C=O) groups excluding carboxylic acids is 3. The van der Waals surface area contributed by atoms with Crippen molar-refractivity contribution in [1.82, 2.24) is 15.5 Å². The summed E-state index contributed by atoms with van der Waals surface area (Å²) in [5, 5.41) is 5.01. The van der Waals surface area contributed by atoms with Crippen molar-refractivity contribution in [2.45, 2.75) is 37.6 Å². The number of nitrogens with zero attached hydrogens (tertiary/aromatic N) is 1. The molecule has 108 valence electrons. The Morgan fingerprint density at radius 3 is 2.60 bits per heavy atom. The van der Waals surface area contributed by atoms with Gasteiger partial charge in [-0.05, 0) is 37.5 Å². The zero-order chi connectivity index (χ0) is 13.9. The van der Waals surface area contributed by atoms with Gasteiger partial charge in [-0.25, -0.2) is 4.79 Å². The number of likely N-dealkylation sites (tertiary alicyclic amines) is 1.